The Bertz CT molecular complexity index is 482. The zero-order chi connectivity index (χ0) is 12.1. The van der Waals surface area contributed by atoms with Gasteiger partial charge in [0.1, 0.15) is 0 Å². The molecule has 17 heavy (non-hydrogen) atoms. The van der Waals surface area contributed by atoms with Crippen LogP contribution in [0.3, 0.4) is 0 Å². The van der Waals surface area contributed by atoms with Crippen LogP contribution in [0.5, 0.6) is 0 Å². The summed E-state index contributed by atoms with van der Waals surface area (Å²) in [5.41, 5.74) is 3.03. The van der Waals surface area contributed by atoms with Crippen molar-refractivity contribution < 1.29 is 0 Å². The minimum Gasteiger partial charge on any atom is -0.0654 e. The first-order chi connectivity index (χ1) is 8.35. The second-order valence-corrected chi connectivity index (χ2v) is 4.83. The Balaban J connectivity index is 2.45. The molecule has 0 aliphatic carbocycles. The highest BCUT2D eigenvalue weighted by molar-refractivity contribution is 5.86. The lowest BCUT2D eigenvalue weighted by atomic mass is 9.96. The highest BCUT2D eigenvalue weighted by Gasteiger charge is 2.03. The Hall–Kier alpha value is -1.30. The van der Waals surface area contributed by atoms with Gasteiger partial charge in [-0.25, -0.2) is 0 Å². The fourth-order valence-corrected chi connectivity index (χ4v) is 2.47. The van der Waals surface area contributed by atoms with E-state index in [1.165, 1.54) is 54.0 Å². The predicted octanol–water partition coefficient (Wildman–Crippen LogP) is 5.13. The Kier molecular flexibility index (Phi) is 4.19. The van der Waals surface area contributed by atoms with Crippen LogP contribution in [-0.2, 0) is 12.8 Å². The van der Waals surface area contributed by atoms with Crippen LogP contribution in [0.1, 0.15) is 44.2 Å². The molecule has 0 nitrogen and oxygen atoms in total. The summed E-state index contributed by atoms with van der Waals surface area (Å²) >= 11 is 0. The summed E-state index contributed by atoms with van der Waals surface area (Å²) in [5.74, 6) is 0. The lowest BCUT2D eigenvalue weighted by Crippen LogP contribution is -1.92. The van der Waals surface area contributed by atoms with E-state index in [0.717, 1.165) is 0 Å². The maximum atomic E-state index is 2.42. The Labute approximate surface area is 105 Å². The molecule has 0 amide bonds. The van der Waals surface area contributed by atoms with E-state index in [4.69, 9.17) is 0 Å². The van der Waals surface area contributed by atoms with E-state index >= 15 is 0 Å². The molecule has 0 spiro atoms. The molecule has 0 bridgehead atoms. The molecule has 90 valence electrons. The molecular formula is C17H22. The fourth-order valence-electron chi connectivity index (χ4n) is 2.47. The minimum atomic E-state index is 1.20. The first-order valence-corrected chi connectivity index (χ1v) is 6.85. The van der Waals surface area contributed by atoms with Gasteiger partial charge in [-0.05, 0) is 41.2 Å². The van der Waals surface area contributed by atoms with E-state index in [2.05, 4.69) is 50.2 Å². The van der Waals surface area contributed by atoms with Crippen LogP contribution < -0.4 is 0 Å². The molecule has 0 heterocycles. The van der Waals surface area contributed by atoms with Crippen LogP contribution >= 0.6 is 0 Å². The largest absolute Gasteiger partial charge is 0.0654 e. The zero-order valence-electron chi connectivity index (χ0n) is 11.0. The summed E-state index contributed by atoms with van der Waals surface area (Å²) in [7, 11) is 0. The van der Waals surface area contributed by atoms with E-state index in [1.807, 2.05) is 0 Å². The molecule has 0 aromatic heterocycles. The van der Waals surface area contributed by atoms with Gasteiger partial charge in [0.05, 0.1) is 0 Å². The minimum absolute atomic E-state index is 1.20. The van der Waals surface area contributed by atoms with E-state index in [9.17, 15) is 0 Å². The van der Waals surface area contributed by atoms with Crippen molar-refractivity contribution >= 4 is 10.8 Å². The van der Waals surface area contributed by atoms with Gasteiger partial charge in [0, 0.05) is 0 Å². The monoisotopic (exact) mass is 226 g/mol. The molecule has 2 aromatic rings. The van der Waals surface area contributed by atoms with Gasteiger partial charge in [-0.2, -0.15) is 0 Å². The third kappa shape index (κ3) is 2.88. The maximum Gasteiger partial charge on any atom is -0.0152 e. The van der Waals surface area contributed by atoms with Crippen LogP contribution in [0.2, 0.25) is 0 Å². The molecule has 0 aliphatic rings. The molecule has 0 N–H and O–H groups in total. The zero-order valence-corrected chi connectivity index (χ0v) is 11.0. The summed E-state index contributed by atoms with van der Waals surface area (Å²) in [4.78, 5) is 0. The Morgan fingerprint density at radius 2 is 1.71 bits per heavy atom. The first kappa shape index (κ1) is 12.2. The number of unbranched alkanes of at least 4 members (excludes halogenated alkanes) is 1. The molecular weight excluding hydrogens is 204 g/mol. The Morgan fingerprint density at radius 3 is 2.47 bits per heavy atom. The summed E-state index contributed by atoms with van der Waals surface area (Å²) < 4.78 is 0. The third-order valence-electron chi connectivity index (χ3n) is 3.35. The summed E-state index contributed by atoms with van der Waals surface area (Å²) in [5, 5.41) is 2.85. The third-order valence-corrected chi connectivity index (χ3v) is 3.35. The molecule has 0 aliphatic heterocycles. The summed E-state index contributed by atoms with van der Waals surface area (Å²) in [6, 6.07) is 13.6. The SMILES string of the molecule is CCCCc1cc(CCC)cc2ccccc12. The van der Waals surface area contributed by atoms with Crippen molar-refractivity contribution in [1.82, 2.24) is 0 Å². The highest BCUT2D eigenvalue weighted by atomic mass is 14.1. The fraction of sp³-hybridized carbons (Fsp3) is 0.412. The van der Waals surface area contributed by atoms with Crippen LogP contribution in [0.25, 0.3) is 10.8 Å². The standard InChI is InChI=1S/C17H22/c1-3-5-9-15-12-14(8-4-2)13-16-10-6-7-11-17(15)16/h6-7,10-13H,3-5,8-9H2,1-2H3. The molecule has 0 heteroatoms. The van der Waals surface area contributed by atoms with Crippen LogP contribution in [-0.4, -0.2) is 0 Å². The topological polar surface area (TPSA) is 0 Å². The van der Waals surface area contributed by atoms with Crippen molar-refractivity contribution in [3.05, 3.63) is 47.5 Å². The second kappa shape index (κ2) is 5.86. The van der Waals surface area contributed by atoms with E-state index < -0.39 is 0 Å². The predicted molar refractivity (Wildman–Crippen MR) is 76.6 cm³/mol. The van der Waals surface area contributed by atoms with Gasteiger partial charge >= 0.3 is 0 Å². The molecule has 0 saturated heterocycles. The summed E-state index contributed by atoms with van der Waals surface area (Å²) in [6.07, 6.45) is 6.20. The Morgan fingerprint density at radius 1 is 0.882 bits per heavy atom. The van der Waals surface area contributed by atoms with Crippen molar-refractivity contribution in [2.75, 3.05) is 0 Å². The van der Waals surface area contributed by atoms with Gasteiger partial charge in [-0.3, -0.25) is 0 Å². The number of fused-ring (bicyclic) bond motifs is 1. The van der Waals surface area contributed by atoms with Gasteiger partial charge in [0.2, 0.25) is 0 Å². The smallest absolute Gasteiger partial charge is 0.0152 e. The van der Waals surface area contributed by atoms with Crippen LogP contribution in [0, 0.1) is 0 Å². The van der Waals surface area contributed by atoms with Gasteiger partial charge in [-0.15, -0.1) is 0 Å². The molecule has 0 radical (unpaired) electrons. The van der Waals surface area contributed by atoms with Crippen molar-refractivity contribution in [3.8, 4) is 0 Å². The van der Waals surface area contributed by atoms with Crippen LogP contribution in [0.15, 0.2) is 36.4 Å². The molecule has 2 rings (SSSR count). The van der Waals surface area contributed by atoms with Crippen molar-refractivity contribution in [2.24, 2.45) is 0 Å². The number of aryl methyl sites for hydroxylation is 2. The van der Waals surface area contributed by atoms with Gasteiger partial charge in [0.15, 0.2) is 0 Å². The molecule has 0 atom stereocenters. The first-order valence-electron chi connectivity index (χ1n) is 6.85. The molecule has 0 fully saturated rings. The number of rotatable bonds is 5. The van der Waals surface area contributed by atoms with Crippen molar-refractivity contribution in [1.29, 1.82) is 0 Å². The lowest BCUT2D eigenvalue weighted by Gasteiger charge is -2.09. The summed E-state index contributed by atoms with van der Waals surface area (Å²) in [6.45, 7) is 4.51. The number of hydrogen-bond acceptors (Lipinski definition) is 0. The number of benzene rings is 2. The van der Waals surface area contributed by atoms with Crippen molar-refractivity contribution in [2.45, 2.75) is 46.0 Å². The average molecular weight is 226 g/mol. The van der Waals surface area contributed by atoms with E-state index in [-0.39, 0.29) is 0 Å². The molecule has 0 unspecified atom stereocenters. The second-order valence-electron chi connectivity index (χ2n) is 4.83. The van der Waals surface area contributed by atoms with E-state index in [0.29, 0.717) is 0 Å². The molecule has 2 aromatic carbocycles. The normalized spacial score (nSPS) is 10.9. The van der Waals surface area contributed by atoms with Crippen molar-refractivity contribution in [3.63, 3.8) is 0 Å². The lowest BCUT2D eigenvalue weighted by molar-refractivity contribution is 0.797. The van der Waals surface area contributed by atoms with E-state index in [1.54, 1.807) is 0 Å². The van der Waals surface area contributed by atoms with Crippen LogP contribution in [0.4, 0.5) is 0 Å². The number of hydrogen-bond donors (Lipinski definition) is 0. The van der Waals surface area contributed by atoms with Gasteiger partial charge < -0.3 is 0 Å². The average Bonchev–Trinajstić information content (AvgIpc) is 2.36. The maximum absolute atomic E-state index is 2.42. The van der Waals surface area contributed by atoms with Gasteiger partial charge in [0.25, 0.3) is 0 Å². The molecule has 0 saturated carbocycles. The highest BCUT2D eigenvalue weighted by Crippen LogP contribution is 2.23. The quantitative estimate of drug-likeness (QED) is 0.662. The van der Waals surface area contributed by atoms with Gasteiger partial charge in [-0.1, -0.05) is 63.1 Å².